The summed E-state index contributed by atoms with van der Waals surface area (Å²) < 4.78 is 0. The van der Waals surface area contributed by atoms with Crippen LogP contribution in [0.5, 0.6) is 0 Å². The van der Waals surface area contributed by atoms with Crippen LogP contribution in [0.2, 0.25) is 0 Å². The maximum absolute atomic E-state index is 3.78. The maximum atomic E-state index is 3.78. The first kappa shape index (κ1) is 9.60. The Hall–Kier alpha value is 0.0500. The minimum Gasteiger partial charge on any atom is -0.310 e. The van der Waals surface area contributed by atoms with Crippen molar-refractivity contribution in [2.24, 2.45) is 0 Å². The Labute approximate surface area is 85.4 Å². The number of nitrogens with one attached hydrogen (secondary N) is 1. The lowest BCUT2D eigenvalue weighted by atomic mass is 10.1. The molecule has 2 rings (SSSR count). The van der Waals surface area contributed by atoms with Crippen LogP contribution in [0.3, 0.4) is 0 Å². The molecule has 1 aliphatic carbocycles. The molecule has 13 heavy (non-hydrogen) atoms. The molecule has 0 aromatic heterocycles. The highest BCUT2D eigenvalue weighted by atomic mass is 32.2. The molecule has 0 amide bonds. The van der Waals surface area contributed by atoms with E-state index in [1.807, 2.05) is 0 Å². The second-order valence-corrected chi connectivity index (χ2v) is 5.62. The molecule has 0 spiro atoms. The summed E-state index contributed by atoms with van der Waals surface area (Å²) in [6, 6.07) is 1.51. The highest BCUT2D eigenvalue weighted by Gasteiger charge is 2.24. The largest absolute Gasteiger partial charge is 0.310 e. The van der Waals surface area contributed by atoms with Crippen molar-refractivity contribution < 1.29 is 0 Å². The molecule has 2 aliphatic rings. The Morgan fingerprint density at radius 2 is 2.08 bits per heavy atom. The van der Waals surface area contributed by atoms with Crippen LogP contribution in [0.1, 0.15) is 32.6 Å². The van der Waals surface area contributed by atoms with Crippen LogP contribution in [0.4, 0.5) is 0 Å². The third-order valence-corrected chi connectivity index (χ3v) is 4.44. The summed E-state index contributed by atoms with van der Waals surface area (Å²) >= 11 is 2.13. The monoisotopic (exact) mass is 197 g/mol. The van der Waals surface area contributed by atoms with Gasteiger partial charge in [-0.2, -0.15) is 11.8 Å². The fourth-order valence-corrected chi connectivity index (χ4v) is 3.35. The van der Waals surface area contributed by atoms with Gasteiger partial charge in [-0.25, -0.2) is 0 Å². The quantitative estimate of drug-likeness (QED) is 0.683. The molecule has 0 aromatic rings. The molecule has 1 aliphatic heterocycles. The molecule has 74 valence electrons. The van der Waals surface area contributed by atoms with Crippen molar-refractivity contribution >= 4 is 11.8 Å². The van der Waals surface area contributed by atoms with Crippen LogP contribution in [0.15, 0.2) is 12.2 Å². The van der Waals surface area contributed by atoms with Gasteiger partial charge in [-0.3, -0.25) is 0 Å². The third kappa shape index (κ3) is 2.50. The predicted molar refractivity (Wildman–Crippen MR) is 60.2 cm³/mol. The SMILES string of the molecule is CC1SCCCC1NC1CC=CC1. The maximum Gasteiger partial charge on any atom is 0.0186 e. The first-order chi connectivity index (χ1) is 6.36. The van der Waals surface area contributed by atoms with Gasteiger partial charge in [-0.05, 0) is 31.4 Å². The fourth-order valence-electron chi connectivity index (χ4n) is 2.20. The van der Waals surface area contributed by atoms with E-state index in [4.69, 9.17) is 0 Å². The number of hydrogen-bond donors (Lipinski definition) is 1. The summed E-state index contributed by atoms with van der Waals surface area (Å²) in [6.07, 6.45) is 9.87. The number of thioether (sulfide) groups is 1. The van der Waals surface area contributed by atoms with Crippen molar-refractivity contribution in [1.29, 1.82) is 0 Å². The predicted octanol–water partition coefficient (Wildman–Crippen LogP) is 2.58. The highest BCUT2D eigenvalue weighted by Crippen LogP contribution is 2.26. The molecule has 2 atom stereocenters. The molecule has 0 bridgehead atoms. The van der Waals surface area contributed by atoms with Gasteiger partial charge in [0.1, 0.15) is 0 Å². The molecular formula is C11H19NS. The molecule has 2 unspecified atom stereocenters. The lowest BCUT2D eigenvalue weighted by Gasteiger charge is -2.31. The second-order valence-electron chi connectivity index (χ2n) is 4.13. The summed E-state index contributed by atoms with van der Waals surface area (Å²) in [6.45, 7) is 2.36. The molecule has 0 radical (unpaired) electrons. The Kier molecular flexibility index (Phi) is 3.33. The highest BCUT2D eigenvalue weighted by molar-refractivity contribution is 7.99. The fraction of sp³-hybridized carbons (Fsp3) is 0.818. The molecule has 1 nitrogen and oxygen atoms in total. The van der Waals surface area contributed by atoms with Crippen LogP contribution in [0.25, 0.3) is 0 Å². The summed E-state index contributed by atoms with van der Waals surface area (Å²) in [5.41, 5.74) is 0. The minimum atomic E-state index is 0.742. The first-order valence-corrected chi connectivity index (χ1v) is 6.44. The van der Waals surface area contributed by atoms with E-state index in [1.54, 1.807) is 0 Å². The topological polar surface area (TPSA) is 12.0 Å². The van der Waals surface area contributed by atoms with E-state index in [0.29, 0.717) is 0 Å². The van der Waals surface area contributed by atoms with Gasteiger partial charge < -0.3 is 5.32 Å². The smallest absolute Gasteiger partial charge is 0.0186 e. The van der Waals surface area contributed by atoms with E-state index in [-0.39, 0.29) is 0 Å². The van der Waals surface area contributed by atoms with E-state index < -0.39 is 0 Å². The van der Waals surface area contributed by atoms with E-state index in [0.717, 1.165) is 17.3 Å². The summed E-state index contributed by atoms with van der Waals surface area (Å²) in [7, 11) is 0. The molecule has 2 heteroatoms. The van der Waals surface area contributed by atoms with E-state index >= 15 is 0 Å². The summed E-state index contributed by atoms with van der Waals surface area (Å²) in [5.74, 6) is 1.36. The van der Waals surface area contributed by atoms with E-state index in [1.165, 1.54) is 31.4 Å². The zero-order valence-electron chi connectivity index (χ0n) is 8.33. The van der Waals surface area contributed by atoms with E-state index in [9.17, 15) is 0 Å². The molecule has 1 fully saturated rings. The van der Waals surface area contributed by atoms with Crippen molar-refractivity contribution in [3.05, 3.63) is 12.2 Å². The number of rotatable bonds is 2. The van der Waals surface area contributed by atoms with Crippen LogP contribution >= 0.6 is 11.8 Å². The lowest BCUT2D eigenvalue weighted by Crippen LogP contribution is -2.44. The van der Waals surface area contributed by atoms with Gasteiger partial charge in [0.2, 0.25) is 0 Å². The van der Waals surface area contributed by atoms with Crippen molar-refractivity contribution in [2.45, 2.75) is 49.9 Å². The van der Waals surface area contributed by atoms with E-state index in [2.05, 4.69) is 36.2 Å². The van der Waals surface area contributed by atoms with Gasteiger partial charge in [-0.1, -0.05) is 19.1 Å². The van der Waals surface area contributed by atoms with Gasteiger partial charge >= 0.3 is 0 Å². The molecule has 0 aromatic carbocycles. The average Bonchev–Trinajstić information content (AvgIpc) is 2.61. The Balaban J connectivity index is 1.78. The second kappa shape index (κ2) is 4.52. The van der Waals surface area contributed by atoms with Gasteiger partial charge in [-0.15, -0.1) is 0 Å². The van der Waals surface area contributed by atoms with Crippen LogP contribution in [-0.2, 0) is 0 Å². The standard InChI is InChI=1S/C11H19NS/c1-9-11(7-4-8-13-9)12-10-5-2-3-6-10/h2-3,9-12H,4-8H2,1H3. The normalized spacial score (nSPS) is 35.5. The minimum absolute atomic E-state index is 0.742. The van der Waals surface area contributed by atoms with Gasteiger partial charge in [0, 0.05) is 17.3 Å². The average molecular weight is 197 g/mol. The van der Waals surface area contributed by atoms with Crippen LogP contribution in [0, 0.1) is 0 Å². The molecule has 0 saturated carbocycles. The zero-order chi connectivity index (χ0) is 9.10. The number of hydrogen-bond acceptors (Lipinski definition) is 2. The van der Waals surface area contributed by atoms with Crippen molar-refractivity contribution in [2.75, 3.05) is 5.75 Å². The van der Waals surface area contributed by atoms with Crippen LogP contribution < -0.4 is 5.32 Å². The van der Waals surface area contributed by atoms with Gasteiger partial charge in [0.05, 0.1) is 0 Å². The van der Waals surface area contributed by atoms with Gasteiger partial charge in [0.15, 0.2) is 0 Å². The summed E-state index contributed by atoms with van der Waals surface area (Å²) in [5, 5.41) is 4.60. The lowest BCUT2D eigenvalue weighted by molar-refractivity contribution is 0.405. The van der Waals surface area contributed by atoms with Gasteiger partial charge in [0.25, 0.3) is 0 Å². The van der Waals surface area contributed by atoms with Crippen molar-refractivity contribution in [1.82, 2.24) is 5.32 Å². The Morgan fingerprint density at radius 3 is 2.77 bits per heavy atom. The zero-order valence-corrected chi connectivity index (χ0v) is 9.15. The third-order valence-electron chi connectivity index (χ3n) is 3.06. The molecule has 1 saturated heterocycles. The molecular weight excluding hydrogens is 178 g/mol. The molecule has 1 N–H and O–H groups in total. The van der Waals surface area contributed by atoms with Crippen molar-refractivity contribution in [3.8, 4) is 0 Å². The first-order valence-electron chi connectivity index (χ1n) is 5.39. The molecule has 1 heterocycles. The Bertz CT molecular complexity index is 183. The van der Waals surface area contributed by atoms with Crippen LogP contribution in [-0.4, -0.2) is 23.1 Å². The van der Waals surface area contributed by atoms with Crippen molar-refractivity contribution in [3.63, 3.8) is 0 Å². The summed E-state index contributed by atoms with van der Waals surface area (Å²) in [4.78, 5) is 0. The Morgan fingerprint density at radius 1 is 1.31 bits per heavy atom.